The summed E-state index contributed by atoms with van der Waals surface area (Å²) in [4.78, 5) is 0. The van der Waals surface area contributed by atoms with Gasteiger partial charge in [-0.2, -0.15) is 0 Å². The topological polar surface area (TPSA) is 0 Å². The maximum atomic E-state index is 2.33. The fourth-order valence-corrected chi connectivity index (χ4v) is 4.19. The summed E-state index contributed by atoms with van der Waals surface area (Å²) in [5.41, 5.74) is 0. The summed E-state index contributed by atoms with van der Waals surface area (Å²) >= 11 is 0.676. The van der Waals surface area contributed by atoms with Gasteiger partial charge in [-0.3, -0.25) is 0 Å². The average Bonchev–Trinajstić information content (AvgIpc) is 2.14. The Morgan fingerprint density at radius 3 is 2.86 bits per heavy atom. The van der Waals surface area contributed by atoms with E-state index in [0.717, 1.165) is 0 Å². The van der Waals surface area contributed by atoms with Crippen LogP contribution >= 0.6 is 0 Å². The fourth-order valence-electron chi connectivity index (χ4n) is 0.920. The number of alkyl halides is 2. The normalized spacial score (nSPS) is 32.4. The summed E-state index contributed by atoms with van der Waals surface area (Å²) in [6.07, 6.45) is 4.57. The molecule has 0 saturated carbocycles. The minimum atomic E-state index is 0.676. The number of hydrogen-bond acceptors (Lipinski definition) is 0. The SMILES string of the molecule is CC[C@@H]1CCC[I-]1. The molecule has 1 heteroatoms. The van der Waals surface area contributed by atoms with E-state index in [1.807, 2.05) is 0 Å². The van der Waals surface area contributed by atoms with Gasteiger partial charge >= 0.3 is 55.7 Å². The van der Waals surface area contributed by atoms with Crippen LogP contribution in [0.1, 0.15) is 26.2 Å². The number of hydrogen-bond donors (Lipinski definition) is 0. The molecule has 1 aliphatic heterocycles. The molecule has 0 aliphatic carbocycles. The Morgan fingerprint density at radius 1 is 1.71 bits per heavy atom. The van der Waals surface area contributed by atoms with Crippen molar-refractivity contribution in [3.05, 3.63) is 0 Å². The van der Waals surface area contributed by atoms with Gasteiger partial charge in [-0.1, -0.05) is 0 Å². The van der Waals surface area contributed by atoms with Gasteiger partial charge in [0.1, 0.15) is 0 Å². The predicted molar refractivity (Wildman–Crippen MR) is 28.2 cm³/mol. The van der Waals surface area contributed by atoms with E-state index in [4.69, 9.17) is 0 Å². The van der Waals surface area contributed by atoms with Crippen molar-refractivity contribution in [3.63, 3.8) is 0 Å². The van der Waals surface area contributed by atoms with E-state index in [1.54, 1.807) is 17.3 Å². The van der Waals surface area contributed by atoms with Gasteiger partial charge in [0.15, 0.2) is 0 Å². The maximum absolute atomic E-state index is 2.33. The zero-order chi connectivity index (χ0) is 5.11. The van der Waals surface area contributed by atoms with E-state index in [-0.39, 0.29) is 0 Å². The van der Waals surface area contributed by atoms with E-state index in [9.17, 15) is 0 Å². The van der Waals surface area contributed by atoms with E-state index < -0.39 is 0 Å². The first-order valence-electron chi connectivity index (χ1n) is 3.01. The summed E-state index contributed by atoms with van der Waals surface area (Å²) in [5, 5.41) is 0. The van der Waals surface area contributed by atoms with Crippen LogP contribution in [0.3, 0.4) is 0 Å². The van der Waals surface area contributed by atoms with Crippen molar-refractivity contribution >= 4 is 0 Å². The Balaban J connectivity index is 2.14. The molecular formula is C6H12I-. The summed E-state index contributed by atoms with van der Waals surface area (Å²) in [7, 11) is 0. The number of halogens is 1. The van der Waals surface area contributed by atoms with Gasteiger partial charge in [0.2, 0.25) is 0 Å². The second-order valence-corrected chi connectivity index (χ2v) is 5.71. The van der Waals surface area contributed by atoms with Crippen molar-refractivity contribution in [1.29, 1.82) is 0 Å². The Morgan fingerprint density at radius 2 is 2.57 bits per heavy atom. The van der Waals surface area contributed by atoms with Crippen molar-refractivity contribution in [2.24, 2.45) is 0 Å². The van der Waals surface area contributed by atoms with Crippen LogP contribution in [0, 0.1) is 0 Å². The van der Waals surface area contributed by atoms with Gasteiger partial charge in [-0.25, -0.2) is 0 Å². The summed E-state index contributed by atoms with van der Waals surface area (Å²) in [5.74, 6) is 0. The van der Waals surface area contributed by atoms with Gasteiger partial charge in [-0.05, 0) is 0 Å². The second-order valence-electron chi connectivity index (χ2n) is 1.99. The standard InChI is InChI=1S/C6H12I/c1-2-6-4-3-5-7-6/h6H,2-5H2,1H3/q-1/t6-/m1/s1. The molecule has 0 bridgehead atoms. The van der Waals surface area contributed by atoms with Crippen LogP contribution in [0.2, 0.25) is 0 Å². The van der Waals surface area contributed by atoms with Crippen LogP contribution in [0.4, 0.5) is 0 Å². The van der Waals surface area contributed by atoms with Crippen molar-refractivity contribution in [2.45, 2.75) is 30.1 Å². The molecule has 0 unspecified atom stereocenters. The molecule has 44 valence electrons. The summed E-state index contributed by atoms with van der Waals surface area (Å²) in [6.45, 7) is 2.33. The van der Waals surface area contributed by atoms with E-state index in [1.165, 1.54) is 10.3 Å². The number of rotatable bonds is 1. The first kappa shape index (κ1) is 5.86. The van der Waals surface area contributed by atoms with Gasteiger partial charge in [0.05, 0.1) is 0 Å². The van der Waals surface area contributed by atoms with Crippen molar-refractivity contribution < 1.29 is 21.2 Å². The molecule has 0 N–H and O–H groups in total. The Bertz CT molecular complexity index is 46.1. The molecule has 1 fully saturated rings. The first-order chi connectivity index (χ1) is 3.43. The van der Waals surface area contributed by atoms with Gasteiger partial charge in [-0.15, -0.1) is 0 Å². The average molecular weight is 211 g/mol. The van der Waals surface area contributed by atoms with Gasteiger partial charge in [0, 0.05) is 0 Å². The van der Waals surface area contributed by atoms with E-state index in [2.05, 4.69) is 6.92 Å². The fraction of sp³-hybridized carbons (Fsp3) is 1.00. The Labute approximate surface area is 55.9 Å². The molecule has 1 rings (SSSR count). The molecule has 0 radical (unpaired) electrons. The molecule has 0 aromatic rings. The zero-order valence-electron chi connectivity index (χ0n) is 4.78. The van der Waals surface area contributed by atoms with E-state index in [0.29, 0.717) is 21.2 Å². The molecule has 1 atom stereocenters. The Kier molecular flexibility index (Phi) is 2.43. The third-order valence-electron chi connectivity index (χ3n) is 1.42. The molecule has 1 aliphatic rings. The first-order valence-corrected chi connectivity index (χ1v) is 5.78. The molecule has 1 saturated heterocycles. The third-order valence-corrected chi connectivity index (χ3v) is 5.56. The van der Waals surface area contributed by atoms with Crippen LogP contribution in [-0.4, -0.2) is 8.35 Å². The third kappa shape index (κ3) is 1.59. The zero-order valence-corrected chi connectivity index (χ0v) is 6.94. The quantitative estimate of drug-likeness (QED) is 0.371. The Hall–Kier alpha value is 0.730. The minimum absolute atomic E-state index is 0.676. The molecule has 0 aromatic carbocycles. The molecule has 0 amide bonds. The van der Waals surface area contributed by atoms with Crippen molar-refractivity contribution in [1.82, 2.24) is 0 Å². The molecule has 7 heavy (non-hydrogen) atoms. The van der Waals surface area contributed by atoms with Crippen LogP contribution in [-0.2, 0) is 0 Å². The van der Waals surface area contributed by atoms with Crippen LogP contribution in [0.25, 0.3) is 0 Å². The van der Waals surface area contributed by atoms with Gasteiger partial charge in [0.25, 0.3) is 0 Å². The van der Waals surface area contributed by atoms with Crippen LogP contribution in [0.5, 0.6) is 0 Å². The van der Waals surface area contributed by atoms with Crippen LogP contribution < -0.4 is 21.2 Å². The second kappa shape index (κ2) is 2.90. The molecule has 0 nitrogen and oxygen atoms in total. The predicted octanol–water partition coefficient (Wildman–Crippen LogP) is -1.35. The molecular weight excluding hydrogens is 199 g/mol. The molecule has 0 spiro atoms. The monoisotopic (exact) mass is 211 g/mol. The van der Waals surface area contributed by atoms with Crippen molar-refractivity contribution in [2.75, 3.05) is 4.43 Å². The molecule has 1 heterocycles. The summed E-state index contributed by atoms with van der Waals surface area (Å²) in [6, 6.07) is 0. The van der Waals surface area contributed by atoms with Gasteiger partial charge < -0.3 is 0 Å². The van der Waals surface area contributed by atoms with Crippen LogP contribution in [0.15, 0.2) is 0 Å². The molecule has 0 aromatic heterocycles. The van der Waals surface area contributed by atoms with E-state index >= 15 is 0 Å². The summed E-state index contributed by atoms with van der Waals surface area (Å²) < 4.78 is 2.82. The van der Waals surface area contributed by atoms with Crippen molar-refractivity contribution in [3.8, 4) is 0 Å².